The number of hydrogen-bond donors (Lipinski definition) is 3. The number of amides is 3. The van der Waals surface area contributed by atoms with Gasteiger partial charge in [0, 0.05) is 26.5 Å². The molecule has 0 fully saturated rings. The quantitative estimate of drug-likeness (QED) is 0.0918. The summed E-state index contributed by atoms with van der Waals surface area (Å²) in [6.07, 6.45) is 1.62. The number of carbonyl (C=O) groups excluding carboxylic acids is 4. The number of nitrogens with one attached hydrogen (secondary N) is 3. The summed E-state index contributed by atoms with van der Waals surface area (Å²) >= 11 is 8.57. The lowest BCUT2D eigenvalue weighted by molar-refractivity contribution is -0.142. The number of benzene rings is 3. The normalized spacial score (nSPS) is 11.8. The summed E-state index contributed by atoms with van der Waals surface area (Å²) in [6, 6.07) is 22.5. The number of halogens is 1. The molecule has 4 rings (SSSR count). The number of esters is 1. The largest absolute Gasteiger partial charge is 0.466 e. The third-order valence-corrected chi connectivity index (χ3v) is 8.09. The van der Waals surface area contributed by atoms with Crippen molar-refractivity contribution in [1.29, 1.82) is 0 Å². The van der Waals surface area contributed by atoms with Crippen LogP contribution in [0, 0.1) is 0 Å². The zero-order chi connectivity index (χ0) is 31.5. The van der Waals surface area contributed by atoms with Crippen LogP contribution in [0.3, 0.4) is 0 Å². The van der Waals surface area contributed by atoms with Gasteiger partial charge < -0.3 is 20.7 Å². The minimum Gasteiger partial charge on any atom is -0.466 e. The van der Waals surface area contributed by atoms with Gasteiger partial charge in [0.25, 0.3) is 11.8 Å². The molecule has 1 atom stereocenters. The Labute approximate surface area is 268 Å². The number of ether oxygens (including phenoxy) is 1. The molecule has 0 saturated carbocycles. The number of thiazole rings is 1. The Morgan fingerprint density at radius 3 is 2.36 bits per heavy atom. The Morgan fingerprint density at radius 1 is 0.977 bits per heavy atom. The van der Waals surface area contributed by atoms with Gasteiger partial charge in [0.15, 0.2) is 5.13 Å². The summed E-state index contributed by atoms with van der Waals surface area (Å²) in [5.74, 6) is -1.54. The van der Waals surface area contributed by atoms with Crippen molar-refractivity contribution >= 4 is 75.3 Å². The van der Waals surface area contributed by atoms with Crippen LogP contribution in [0.1, 0.15) is 35.5 Å². The van der Waals surface area contributed by atoms with Gasteiger partial charge >= 0.3 is 5.97 Å². The van der Waals surface area contributed by atoms with Crippen LogP contribution in [0.15, 0.2) is 94.8 Å². The predicted octanol–water partition coefficient (Wildman–Crippen LogP) is 6.43. The fourth-order valence-corrected chi connectivity index (χ4v) is 5.46. The molecule has 3 aromatic carbocycles. The number of anilines is 2. The molecular formula is C32H29ClN4O5S2. The second-order valence-electron chi connectivity index (χ2n) is 9.28. The number of aromatic nitrogens is 1. The molecule has 1 heterocycles. The summed E-state index contributed by atoms with van der Waals surface area (Å²) in [6.45, 7) is 3.80. The molecule has 0 aliphatic rings. The smallest absolute Gasteiger partial charge is 0.311 e. The van der Waals surface area contributed by atoms with E-state index in [0.29, 0.717) is 39.3 Å². The highest BCUT2D eigenvalue weighted by Crippen LogP contribution is 2.26. The molecule has 1 unspecified atom stereocenters. The fraction of sp³-hybridized carbons (Fsp3) is 0.156. The van der Waals surface area contributed by atoms with E-state index in [2.05, 4.69) is 20.9 Å². The lowest BCUT2D eigenvalue weighted by Crippen LogP contribution is -2.30. The van der Waals surface area contributed by atoms with Gasteiger partial charge in [-0.05, 0) is 74.0 Å². The van der Waals surface area contributed by atoms with Crippen molar-refractivity contribution in [1.82, 2.24) is 10.3 Å². The van der Waals surface area contributed by atoms with E-state index in [1.54, 1.807) is 104 Å². The first-order chi connectivity index (χ1) is 21.2. The molecule has 0 aliphatic carbocycles. The third-order valence-electron chi connectivity index (χ3n) is 5.92. The molecule has 12 heteroatoms. The standard InChI is InChI=1S/C32H29ClN4O5S2/c1-3-42-28(38)18-25-19-43-32(35-25)37-29(39)20(2)44-26-15-13-24(14-16-26)34-31(41)27(17-21-9-11-23(33)12-10-21)36-30(40)22-7-5-4-6-8-22/h4-17,19-20H,3,18H2,1-2H3,(H,34,41)(H,36,40)(H,35,37,39)/b27-17-. The van der Waals surface area contributed by atoms with Crippen LogP contribution < -0.4 is 16.0 Å². The van der Waals surface area contributed by atoms with E-state index in [4.69, 9.17) is 16.3 Å². The first-order valence-corrected chi connectivity index (χ1v) is 15.7. The first-order valence-electron chi connectivity index (χ1n) is 13.5. The number of rotatable bonds is 12. The van der Waals surface area contributed by atoms with Gasteiger partial charge in [-0.1, -0.05) is 41.9 Å². The summed E-state index contributed by atoms with van der Waals surface area (Å²) in [5, 5.41) is 10.5. The van der Waals surface area contributed by atoms with Crippen molar-refractivity contribution in [3.63, 3.8) is 0 Å². The Balaban J connectivity index is 1.37. The summed E-state index contributed by atoms with van der Waals surface area (Å²) in [7, 11) is 0. The minimum atomic E-state index is -0.511. The second kappa shape index (κ2) is 15.9. The van der Waals surface area contributed by atoms with E-state index in [9.17, 15) is 19.2 Å². The predicted molar refractivity (Wildman–Crippen MR) is 175 cm³/mol. The van der Waals surface area contributed by atoms with E-state index in [-0.39, 0.29) is 24.0 Å². The third kappa shape index (κ3) is 9.80. The maximum absolute atomic E-state index is 13.3. The van der Waals surface area contributed by atoms with Crippen molar-refractivity contribution < 1.29 is 23.9 Å². The van der Waals surface area contributed by atoms with Gasteiger partial charge in [0.2, 0.25) is 5.91 Å². The highest BCUT2D eigenvalue weighted by atomic mass is 35.5. The van der Waals surface area contributed by atoms with Gasteiger partial charge in [0.05, 0.1) is 24.0 Å². The zero-order valence-electron chi connectivity index (χ0n) is 23.8. The van der Waals surface area contributed by atoms with Crippen LogP contribution in [-0.2, 0) is 25.5 Å². The molecule has 0 radical (unpaired) electrons. The lowest BCUT2D eigenvalue weighted by Gasteiger charge is -2.13. The molecule has 0 aliphatic heterocycles. The van der Waals surface area contributed by atoms with Gasteiger partial charge in [-0.15, -0.1) is 23.1 Å². The van der Waals surface area contributed by atoms with Gasteiger partial charge in [-0.25, -0.2) is 4.98 Å². The minimum absolute atomic E-state index is 0.0468. The van der Waals surface area contributed by atoms with Crippen LogP contribution in [0.4, 0.5) is 10.8 Å². The molecule has 0 spiro atoms. The van der Waals surface area contributed by atoms with E-state index in [1.165, 1.54) is 23.1 Å². The highest BCUT2D eigenvalue weighted by molar-refractivity contribution is 8.00. The van der Waals surface area contributed by atoms with Gasteiger partial charge in [-0.3, -0.25) is 19.2 Å². The first kappa shape index (κ1) is 32.5. The average molecular weight is 649 g/mol. The fourth-order valence-electron chi connectivity index (χ4n) is 3.75. The van der Waals surface area contributed by atoms with E-state index < -0.39 is 17.1 Å². The summed E-state index contributed by atoms with van der Waals surface area (Å²) < 4.78 is 4.93. The Morgan fingerprint density at radius 2 is 1.68 bits per heavy atom. The number of nitrogens with zero attached hydrogens (tertiary/aromatic N) is 1. The van der Waals surface area contributed by atoms with Crippen LogP contribution in [-0.4, -0.2) is 40.5 Å². The molecule has 0 saturated heterocycles. The Bertz CT molecular complexity index is 1640. The molecule has 1 aromatic heterocycles. The molecule has 4 aromatic rings. The van der Waals surface area contributed by atoms with Crippen LogP contribution in [0.5, 0.6) is 0 Å². The van der Waals surface area contributed by atoms with Crippen molar-refractivity contribution in [3.05, 3.63) is 112 Å². The number of thioether (sulfide) groups is 1. The molecular weight excluding hydrogens is 620 g/mol. The van der Waals surface area contributed by atoms with Crippen molar-refractivity contribution in [3.8, 4) is 0 Å². The van der Waals surface area contributed by atoms with Gasteiger partial charge in [0.1, 0.15) is 5.70 Å². The lowest BCUT2D eigenvalue weighted by atomic mass is 10.1. The van der Waals surface area contributed by atoms with E-state index >= 15 is 0 Å². The Hall–Kier alpha value is -4.45. The van der Waals surface area contributed by atoms with Crippen molar-refractivity contribution in [2.24, 2.45) is 0 Å². The molecule has 3 N–H and O–H groups in total. The summed E-state index contributed by atoms with van der Waals surface area (Å²) in [5.41, 5.74) is 2.18. The molecule has 3 amide bonds. The van der Waals surface area contributed by atoms with Crippen molar-refractivity contribution in [2.45, 2.75) is 30.4 Å². The molecule has 0 bridgehead atoms. The zero-order valence-corrected chi connectivity index (χ0v) is 26.2. The van der Waals surface area contributed by atoms with Crippen LogP contribution >= 0.6 is 34.7 Å². The Kier molecular flexibility index (Phi) is 11.7. The number of hydrogen-bond acceptors (Lipinski definition) is 8. The van der Waals surface area contributed by atoms with Gasteiger partial charge in [-0.2, -0.15) is 0 Å². The van der Waals surface area contributed by atoms with Crippen LogP contribution in [0.2, 0.25) is 5.02 Å². The van der Waals surface area contributed by atoms with Crippen molar-refractivity contribution in [2.75, 3.05) is 17.2 Å². The van der Waals surface area contributed by atoms with E-state index in [1.807, 2.05) is 0 Å². The highest BCUT2D eigenvalue weighted by Gasteiger charge is 2.18. The maximum Gasteiger partial charge on any atom is 0.311 e. The topological polar surface area (TPSA) is 126 Å². The molecule has 9 nitrogen and oxygen atoms in total. The number of carbonyl (C=O) groups is 4. The summed E-state index contributed by atoms with van der Waals surface area (Å²) in [4.78, 5) is 55.6. The molecule has 226 valence electrons. The monoisotopic (exact) mass is 648 g/mol. The molecule has 44 heavy (non-hydrogen) atoms. The van der Waals surface area contributed by atoms with E-state index in [0.717, 1.165) is 4.90 Å². The maximum atomic E-state index is 13.3. The second-order valence-corrected chi connectivity index (χ2v) is 12.0. The SMILES string of the molecule is CCOC(=O)Cc1csc(NC(=O)C(C)Sc2ccc(NC(=O)/C(=C/c3ccc(Cl)cc3)NC(=O)c3ccccc3)cc2)n1. The average Bonchev–Trinajstić information content (AvgIpc) is 3.45. The van der Waals surface area contributed by atoms with Crippen LogP contribution in [0.25, 0.3) is 6.08 Å².